The molecule has 2 aromatic rings. The van der Waals surface area contributed by atoms with Crippen molar-refractivity contribution in [1.82, 2.24) is 19.6 Å². The molecule has 7 heteroatoms. The maximum Gasteiger partial charge on any atom is 0.321 e. The topological polar surface area (TPSA) is 53.4 Å². The van der Waals surface area contributed by atoms with Gasteiger partial charge in [-0.05, 0) is 50.7 Å². The molecule has 0 aliphatic carbocycles. The van der Waals surface area contributed by atoms with Crippen LogP contribution >= 0.6 is 0 Å². The second-order valence-electron chi connectivity index (χ2n) is 6.41. The van der Waals surface area contributed by atoms with Crippen molar-refractivity contribution in [3.05, 3.63) is 42.5 Å². The quantitative estimate of drug-likeness (QED) is 0.936. The summed E-state index contributed by atoms with van der Waals surface area (Å²) in [6.07, 6.45) is 4.38. The van der Waals surface area contributed by atoms with Gasteiger partial charge in [0.1, 0.15) is 5.82 Å². The Morgan fingerprint density at radius 3 is 3.00 bits per heavy atom. The summed E-state index contributed by atoms with van der Waals surface area (Å²) in [5.41, 5.74) is 1.05. The molecule has 1 N–H and O–H groups in total. The number of carbonyl (C=O) groups excluding carboxylic acids is 1. The number of aromatic nitrogens is 2. The van der Waals surface area contributed by atoms with Gasteiger partial charge < -0.3 is 15.1 Å². The van der Waals surface area contributed by atoms with E-state index in [9.17, 15) is 9.18 Å². The normalized spacial score (nSPS) is 17.5. The van der Waals surface area contributed by atoms with Gasteiger partial charge in [0.2, 0.25) is 0 Å². The first-order valence-corrected chi connectivity index (χ1v) is 8.03. The van der Waals surface area contributed by atoms with Gasteiger partial charge in [-0.25, -0.2) is 13.9 Å². The number of benzene rings is 1. The smallest absolute Gasteiger partial charge is 0.321 e. The number of likely N-dealkylation sites (tertiary alicyclic amines) is 1. The highest BCUT2D eigenvalue weighted by Crippen LogP contribution is 2.23. The molecule has 0 unspecified atom stereocenters. The molecule has 2 amide bonds. The number of rotatable bonds is 4. The fraction of sp³-hybridized carbons (Fsp3) is 0.412. The van der Waals surface area contributed by atoms with Crippen molar-refractivity contribution in [3.8, 4) is 5.69 Å². The first kappa shape index (κ1) is 16.4. The lowest BCUT2D eigenvalue weighted by Gasteiger charge is -2.20. The van der Waals surface area contributed by atoms with Gasteiger partial charge in [-0.3, -0.25) is 0 Å². The summed E-state index contributed by atoms with van der Waals surface area (Å²) in [5.74, 6) is 0.0805. The number of hydrogen-bond acceptors (Lipinski definition) is 3. The molecule has 1 fully saturated rings. The fourth-order valence-electron chi connectivity index (χ4n) is 3.10. The van der Waals surface area contributed by atoms with Gasteiger partial charge in [0, 0.05) is 32.0 Å². The molecule has 0 bridgehead atoms. The van der Waals surface area contributed by atoms with Gasteiger partial charge >= 0.3 is 6.03 Å². The Balaban J connectivity index is 1.72. The highest BCUT2D eigenvalue weighted by Gasteiger charge is 2.27. The van der Waals surface area contributed by atoms with E-state index in [-0.39, 0.29) is 6.03 Å². The SMILES string of the molecule is CN(C)C[C@H]1CCN(C(=O)Nc2cc(F)ccc2-n2cccn2)C1. The zero-order valence-corrected chi connectivity index (χ0v) is 13.9. The van der Waals surface area contributed by atoms with Gasteiger partial charge in [-0.15, -0.1) is 0 Å². The maximum absolute atomic E-state index is 13.6. The van der Waals surface area contributed by atoms with E-state index in [1.165, 1.54) is 12.1 Å². The summed E-state index contributed by atoms with van der Waals surface area (Å²) < 4.78 is 15.2. The van der Waals surface area contributed by atoms with E-state index in [2.05, 4.69) is 15.3 Å². The van der Waals surface area contributed by atoms with Crippen molar-refractivity contribution in [1.29, 1.82) is 0 Å². The summed E-state index contributed by atoms with van der Waals surface area (Å²) >= 11 is 0. The first-order valence-electron chi connectivity index (χ1n) is 8.03. The summed E-state index contributed by atoms with van der Waals surface area (Å²) in [6, 6.07) is 5.87. The van der Waals surface area contributed by atoms with Crippen LogP contribution in [0.2, 0.25) is 0 Å². The monoisotopic (exact) mass is 331 g/mol. The Bertz CT molecular complexity index is 701. The molecule has 1 atom stereocenters. The molecule has 0 radical (unpaired) electrons. The zero-order chi connectivity index (χ0) is 17.1. The maximum atomic E-state index is 13.6. The molecule has 6 nitrogen and oxygen atoms in total. The molecule has 2 heterocycles. The second kappa shape index (κ2) is 7.00. The van der Waals surface area contributed by atoms with Crippen LogP contribution in [0.5, 0.6) is 0 Å². The molecule has 0 saturated carbocycles. The van der Waals surface area contributed by atoms with Gasteiger partial charge in [0.05, 0.1) is 11.4 Å². The third-order valence-electron chi connectivity index (χ3n) is 4.15. The highest BCUT2D eigenvalue weighted by molar-refractivity contribution is 5.91. The first-order chi connectivity index (χ1) is 11.5. The van der Waals surface area contributed by atoms with Crippen LogP contribution in [-0.2, 0) is 0 Å². The van der Waals surface area contributed by atoms with Crippen LogP contribution in [0.1, 0.15) is 6.42 Å². The molecule has 1 aliphatic rings. The van der Waals surface area contributed by atoms with Crippen LogP contribution in [0.15, 0.2) is 36.7 Å². The number of nitrogens with zero attached hydrogens (tertiary/aromatic N) is 4. The van der Waals surface area contributed by atoms with Crippen LogP contribution in [0.3, 0.4) is 0 Å². The Labute approximate surface area is 140 Å². The van der Waals surface area contributed by atoms with Crippen molar-refractivity contribution in [3.63, 3.8) is 0 Å². The Morgan fingerprint density at radius 1 is 1.46 bits per heavy atom. The van der Waals surface area contributed by atoms with E-state index >= 15 is 0 Å². The Morgan fingerprint density at radius 2 is 2.29 bits per heavy atom. The van der Waals surface area contributed by atoms with Crippen LogP contribution in [0.25, 0.3) is 5.69 Å². The average molecular weight is 331 g/mol. The number of halogens is 1. The van der Waals surface area contributed by atoms with Crippen molar-refractivity contribution < 1.29 is 9.18 Å². The zero-order valence-electron chi connectivity index (χ0n) is 13.9. The average Bonchev–Trinajstić information content (AvgIpc) is 3.18. The molecular formula is C17H22FN5O. The van der Waals surface area contributed by atoms with E-state index in [0.717, 1.165) is 26.1 Å². The number of urea groups is 1. The summed E-state index contributed by atoms with van der Waals surface area (Å²) in [5, 5.41) is 6.98. The molecular weight excluding hydrogens is 309 g/mol. The van der Waals surface area contributed by atoms with E-state index in [1.54, 1.807) is 34.1 Å². The van der Waals surface area contributed by atoms with Gasteiger partial charge in [-0.2, -0.15) is 5.10 Å². The van der Waals surface area contributed by atoms with E-state index in [4.69, 9.17) is 0 Å². The minimum Gasteiger partial charge on any atom is -0.324 e. The van der Waals surface area contributed by atoms with Crippen LogP contribution in [-0.4, -0.2) is 59.3 Å². The number of carbonyl (C=O) groups is 1. The number of nitrogens with one attached hydrogen (secondary N) is 1. The number of anilines is 1. The predicted molar refractivity (Wildman–Crippen MR) is 90.8 cm³/mol. The van der Waals surface area contributed by atoms with Crippen LogP contribution in [0, 0.1) is 11.7 Å². The molecule has 1 aromatic heterocycles. The Kier molecular flexibility index (Phi) is 4.80. The van der Waals surface area contributed by atoms with Gasteiger partial charge in [0.15, 0.2) is 0 Å². The van der Waals surface area contributed by atoms with Crippen molar-refractivity contribution in [2.45, 2.75) is 6.42 Å². The van der Waals surface area contributed by atoms with E-state index in [0.29, 0.717) is 17.3 Å². The van der Waals surface area contributed by atoms with E-state index in [1.807, 2.05) is 14.1 Å². The van der Waals surface area contributed by atoms with Crippen molar-refractivity contribution in [2.75, 3.05) is 39.0 Å². The predicted octanol–water partition coefficient (Wildman–Crippen LogP) is 2.43. The van der Waals surface area contributed by atoms with Gasteiger partial charge in [-0.1, -0.05) is 0 Å². The molecule has 3 rings (SSSR count). The lowest BCUT2D eigenvalue weighted by Crippen LogP contribution is -2.34. The molecule has 24 heavy (non-hydrogen) atoms. The third-order valence-corrected chi connectivity index (χ3v) is 4.15. The van der Waals surface area contributed by atoms with Crippen molar-refractivity contribution in [2.24, 2.45) is 5.92 Å². The van der Waals surface area contributed by atoms with Gasteiger partial charge in [0.25, 0.3) is 0 Å². The van der Waals surface area contributed by atoms with Crippen molar-refractivity contribution >= 4 is 11.7 Å². The molecule has 0 spiro atoms. The highest BCUT2D eigenvalue weighted by atomic mass is 19.1. The largest absolute Gasteiger partial charge is 0.324 e. The summed E-state index contributed by atoms with van der Waals surface area (Å²) in [7, 11) is 4.07. The number of amides is 2. The minimum absolute atomic E-state index is 0.199. The lowest BCUT2D eigenvalue weighted by atomic mass is 10.1. The van der Waals surface area contributed by atoms with Crippen LogP contribution < -0.4 is 5.32 Å². The third kappa shape index (κ3) is 3.73. The Hall–Kier alpha value is -2.41. The fourth-order valence-corrected chi connectivity index (χ4v) is 3.10. The molecule has 1 saturated heterocycles. The molecule has 1 aromatic carbocycles. The van der Waals surface area contributed by atoms with E-state index < -0.39 is 5.82 Å². The standard InChI is InChI=1S/C17H22FN5O/c1-21(2)11-13-6-9-22(12-13)17(24)20-15-10-14(18)4-5-16(15)23-8-3-7-19-23/h3-5,7-8,10,13H,6,9,11-12H2,1-2H3,(H,20,24)/t13-/m1/s1. The molecule has 1 aliphatic heterocycles. The van der Waals surface area contributed by atoms with Crippen LogP contribution in [0.4, 0.5) is 14.9 Å². The lowest BCUT2D eigenvalue weighted by molar-refractivity contribution is 0.219. The second-order valence-corrected chi connectivity index (χ2v) is 6.41. The minimum atomic E-state index is -0.395. The summed E-state index contributed by atoms with van der Waals surface area (Å²) in [4.78, 5) is 16.4. The number of hydrogen-bond donors (Lipinski definition) is 1. The summed E-state index contributed by atoms with van der Waals surface area (Å²) in [6.45, 7) is 2.40. The molecule has 128 valence electrons.